The van der Waals surface area contributed by atoms with Gasteiger partial charge in [-0.25, -0.2) is 4.39 Å². The molecule has 17 heavy (non-hydrogen) atoms. The summed E-state index contributed by atoms with van der Waals surface area (Å²) < 4.78 is 13.0. The summed E-state index contributed by atoms with van der Waals surface area (Å²) in [6.45, 7) is 3.70. The van der Waals surface area contributed by atoms with Crippen molar-refractivity contribution < 1.29 is 9.50 Å². The van der Waals surface area contributed by atoms with Crippen LogP contribution in [-0.2, 0) is 0 Å². The summed E-state index contributed by atoms with van der Waals surface area (Å²) in [5.41, 5.74) is 2.72. The highest BCUT2D eigenvalue weighted by molar-refractivity contribution is 5.31. The van der Waals surface area contributed by atoms with Crippen molar-refractivity contribution in [2.75, 3.05) is 0 Å². The summed E-state index contributed by atoms with van der Waals surface area (Å²) in [5.74, 6) is -0.459. The molecule has 4 heteroatoms. The van der Waals surface area contributed by atoms with Crippen molar-refractivity contribution in [2.45, 2.75) is 20.0 Å². The Bertz CT molecular complexity index is 543. The summed E-state index contributed by atoms with van der Waals surface area (Å²) in [7, 11) is 0. The van der Waals surface area contributed by atoms with Crippen LogP contribution in [0.25, 0.3) is 0 Å². The van der Waals surface area contributed by atoms with Crippen LogP contribution in [0, 0.1) is 19.7 Å². The summed E-state index contributed by atoms with van der Waals surface area (Å²) in [6, 6.07) is 4.89. The van der Waals surface area contributed by atoms with Crippen LogP contribution in [0.5, 0.6) is 0 Å². The fourth-order valence-corrected chi connectivity index (χ4v) is 1.74. The molecule has 2 aromatic rings. The average Bonchev–Trinajstić information content (AvgIpc) is 2.28. The quantitative estimate of drug-likeness (QED) is 0.864. The van der Waals surface area contributed by atoms with E-state index in [0.717, 1.165) is 17.6 Å². The third-order valence-electron chi connectivity index (χ3n) is 2.60. The Morgan fingerprint density at radius 1 is 1.24 bits per heavy atom. The maximum atomic E-state index is 13.0. The lowest BCUT2D eigenvalue weighted by molar-refractivity contribution is 0.218. The predicted octanol–water partition coefficient (Wildman–Crippen LogP) is 2.31. The maximum absolute atomic E-state index is 13.0. The van der Waals surface area contributed by atoms with Gasteiger partial charge in [0.1, 0.15) is 11.9 Å². The first-order chi connectivity index (χ1) is 8.08. The molecule has 0 fully saturated rings. The van der Waals surface area contributed by atoms with Crippen molar-refractivity contribution >= 4 is 0 Å². The van der Waals surface area contributed by atoms with Crippen LogP contribution in [0.15, 0.2) is 30.6 Å². The first-order valence-corrected chi connectivity index (χ1v) is 5.30. The maximum Gasteiger partial charge on any atom is 0.141 e. The average molecular weight is 232 g/mol. The number of pyridine rings is 2. The Hall–Kier alpha value is -1.81. The molecular formula is C13H13FN2O. The van der Waals surface area contributed by atoms with Gasteiger partial charge < -0.3 is 5.11 Å². The van der Waals surface area contributed by atoms with E-state index in [9.17, 15) is 9.50 Å². The van der Waals surface area contributed by atoms with E-state index in [4.69, 9.17) is 0 Å². The van der Waals surface area contributed by atoms with Crippen LogP contribution in [0.4, 0.5) is 4.39 Å². The molecule has 1 unspecified atom stereocenters. The van der Waals surface area contributed by atoms with Gasteiger partial charge in [-0.3, -0.25) is 9.97 Å². The highest BCUT2D eigenvalue weighted by atomic mass is 19.1. The number of hydrogen-bond acceptors (Lipinski definition) is 3. The van der Waals surface area contributed by atoms with Gasteiger partial charge in [0.2, 0.25) is 0 Å². The van der Waals surface area contributed by atoms with Crippen molar-refractivity contribution in [3.8, 4) is 0 Å². The lowest BCUT2D eigenvalue weighted by Crippen LogP contribution is -2.05. The molecular weight excluding hydrogens is 219 g/mol. The fourth-order valence-electron chi connectivity index (χ4n) is 1.74. The zero-order valence-corrected chi connectivity index (χ0v) is 9.68. The van der Waals surface area contributed by atoms with Gasteiger partial charge in [-0.15, -0.1) is 0 Å². The summed E-state index contributed by atoms with van der Waals surface area (Å²) >= 11 is 0. The minimum Gasteiger partial charge on any atom is -0.384 e. The molecule has 0 saturated carbocycles. The smallest absolute Gasteiger partial charge is 0.141 e. The van der Waals surface area contributed by atoms with Crippen LogP contribution in [0.1, 0.15) is 28.6 Å². The van der Waals surface area contributed by atoms with Gasteiger partial charge in [-0.05, 0) is 26.0 Å². The van der Waals surface area contributed by atoms with Crippen LogP contribution in [0.2, 0.25) is 0 Å². The Morgan fingerprint density at radius 2 is 2.00 bits per heavy atom. The number of nitrogens with zero attached hydrogens (tertiary/aromatic N) is 2. The lowest BCUT2D eigenvalue weighted by Gasteiger charge is -2.13. The van der Waals surface area contributed by atoms with Crippen molar-refractivity contribution in [2.24, 2.45) is 0 Å². The molecule has 2 rings (SSSR count). The monoisotopic (exact) mass is 232 g/mol. The molecule has 0 radical (unpaired) electrons. The van der Waals surface area contributed by atoms with Crippen LogP contribution >= 0.6 is 0 Å². The second-order valence-electron chi connectivity index (χ2n) is 3.97. The summed E-state index contributed by atoms with van der Waals surface area (Å²) in [5, 5.41) is 10.1. The minimum atomic E-state index is -0.897. The molecule has 2 aromatic heterocycles. The van der Waals surface area contributed by atoms with E-state index >= 15 is 0 Å². The number of aliphatic hydroxyl groups excluding tert-OH is 1. The van der Waals surface area contributed by atoms with E-state index in [1.54, 1.807) is 6.07 Å². The van der Waals surface area contributed by atoms with Gasteiger partial charge in [0.25, 0.3) is 0 Å². The molecule has 88 valence electrons. The molecule has 2 heterocycles. The highest BCUT2D eigenvalue weighted by Gasteiger charge is 2.14. The third-order valence-corrected chi connectivity index (χ3v) is 2.60. The molecule has 0 spiro atoms. The number of halogens is 1. The zero-order valence-electron chi connectivity index (χ0n) is 9.68. The Balaban J connectivity index is 2.40. The van der Waals surface area contributed by atoms with Crippen molar-refractivity contribution in [1.82, 2.24) is 9.97 Å². The van der Waals surface area contributed by atoms with Crippen LogP contribution in [0.3, 0.4) is 0 Å². The Labute approximate surface area is 99.0 Å². The standard InChI is InChI=1S/C13H13FN2O/c1-8-3-4-12(9(2)16-8)13(17)10-5-11(14)7-15-6-10/h3-7,13,17H,1-2H3. The molecule has 1 N–H and O–H groups in total. The van der Waals surface area contributed by atoms with Gasteiger partial charge in [-0.1, -0.05) is 6.07 Å². The predicted molar refractivity (Wildman–Crippen MR) is 62.0 cm³/mol. The van der Waals surface area contributed by atoms with E-state index in [1.165, 1.54) is 12.3 Å². The SMILES string of the molecule is Cc1ccc(C(O)c2cncc(F)c2)c(C)n1. The molecule has 0 aromatic carbocycles. The number of aliphatic hydroxyl groups is 1. The topological polar surface area (TPSA) is 46.0 Å². The number of aromatic nitrogens is 2. The first kappa shape index (κ1) is 11.7. The van der Waals surface area contributed by atoms with Gasteiger partial charge >= 0.3 is 0 Å². The fraction of sp³-hybridized carbons (Fsp3) is 0.231. The second kappa shape index (κ2) is 4.59. The second-order valence-corrected chi connectivity index (χ2v) is 3.97. The number of rotatable bonds is 2. The molecule has 0 aliphatic carbocycles. The van der Waals surface area contributed by atoms with Gasteiger partial charge in [0.05, 0.1) is 6.20 Å². The molecule has 0 aliphatic heterocycles. The first-order valence-electron chi connectivity index (χ1n) is 5.30. The van der Waals surface area contributed by atoms with Crippen LogP contribution in [-0.4, -0.2) is 15.1 Å². The largest absolute Gasteiger partial charge is 0.384 e. The Kier molecular flexibility index (Phi) is 3.15. The molecule has 0 bridgehead atoms. The van der Waals surface area contributed by atoms with Crippen LogP contribution < -0.4 is 0 Å². The lowest BCUT2D eigenvalue weighted by atomic mass is 10.0. The normalized spacial score (nSPS) is 12.5. The van der Waals surface area contributed by atoms with E-state index < -0.39 is 11.9 Å². The molecule has 0 saturated heterocycles. The van der Waals surface area contributed by atoms with Gasteiger partial charge in [-0.2, -0.15) is 0 Å². The molecule has 3 nitrogen and oxygen atoms in total. The van der Waals surface area contributed by atoms with E-state index in [0.29, 0.717) is 11.1 Å². The number of hydrogen-bond donors (Lipinski definition) is 1. The van der Waals surface area contributed by atoms with Crippen molar-refractivity contribution in [3.63, 3.8) is 0 Å². The van der Waals surface area contributed by atoms with E-state index in [1.807, 2.05) is 19.9 Å². The van der Waals surface area contributed by atoms with E-state index in [2.05, 4.69) is 9.97 Å². The zero-order chi connectivity index (χ0) is 12.4. The summed E-state index contributed by atoms with van der Waals surface area (Å²) in [4.78, 5) is 7.99. The Morgan fingerprint density at radius 3 is 2.65 bits per heavy atom. The highest BCUT2D eigenvalue weighted by Crippen LogP contribution is 2.23. The molecule has 0 aliphatic rings. The van der Waals surface area contributed by atoms with Crippen molar-refractivity contribution in [1.29, 1.82) is 0 Å². The summed E-state index contributed by atoms with van der Waals surface area (Å²) in [6.07, 6.45) is 1.66. The minimum absolute atomic E-state index is 0.429. The van der Waals surface area contributed by atoms with E-state index in [-0.39, 0.29) is 0 Å². The molecule has 1 atom stereocenters. The number of aryl methyl sites for hydroxylation is 2. The molecule has 0 amide bonds. The van der Waals surface area contributed by atoms with Crippen molar-refractivity contribution in [3.05, 3.63) is 58.9 Å². The van der Waals surface area contributed by atoms with Gasteiger partial charge in [0, 0.05) is 28.7 Å². The van der Waals surface area contributed by atoms with Gasteiger partial charge in [0.15, 0.2) is 0 Å². The third kappa shape index (κ3) is 2.47.